The van der Waals surface area contributed by atoms with E-state index < -0.39 is 0 Å². The summed E-state index contributed by atoms with van der Waals surface area (Å²) >= 11 is 0. The van der Waals surface area contributed by atoms with Crippen LogP contribution < -0.4 is 10.1 Å². The lowest BCUT2D eigenvalue weighted by Crippen LogP contribution is -2.24. The summed E-state index contributed by atoms with van der Waals surface area (Å²) < 4.78 is 18.3. The second kappa shape index (κ2) is 4.92. The lowest BCUT2D eigenvalue weighted by atomic mass is 9.77. The van der Waals surface area contributed by atoms with Gasteiger partial charge < -0.3 is 10.1 Å². The SMILES string of the molecule is COc1cc(NCC2Cc3ccccc32)ccc1F. The second-order valence-corrected chi connectivity index (χ2v) is 4.83. The van der Waals surface area contributed by atoms with E-state index >= 15 is 0 Å². The third kappa shape index (κ3) is 2.28. The number of fused-ring (bicyclic) bond motifs is 1. The Morgan fingerprint density at radius 1 is 1.26 bits per heavy atom. The molecule has 19 heavy (non-hydrogen) atoms. The maximum atomic E-state index is 13.3. The number of anilines is 1. The summed E-state index contributed by atoms with van der Waals surface area (Å²) in [6, 6.07) is 13.4. The summed E-state index contributed by atoms with van der Waals surface area (Å²) in [5.74, 6) is 0.494. The first kappa shape index (κ1) is 12.0. The Hall–Kier alpha value is -2.03. The predicted molar refractivity (Wildman–Crippen MR) is 74.3 cm³/mol. The highest BCUT2D eigenvalue weighted by Gasteiger charge is 2.24. The molecular weight excluding hydrogens is 241 g/mol. The van der Waals surface area contributed by atoms with Crippen molar-refractivity contribution in [2.24, 2.45) is 0 Å². The van der Waals surface area contributed by atoms with Crippen molar-refractivity contribution in [2.45, 2.75) is 12.3 Å². The summed E-state index contributed by atoms with van der Waals surface area (Å²) in [6.07, 6.45) is 1.11. The Morgan fingerprint density at radius 3 is 2.89 bits per heavy atom. The van der Waals surface area contributed by atoms with Gasteiger partial charge in [-0.15, -0.1) is 0 Å². The normalized spacial score (nSPS) is 16.4. The molecule has 0 spiro atoms. The fraction of sp³-hybridized carbons (Fsp3) is 0.250. The molecule has 98 valence electrons. The number of hydrogen-bond donors (Lipinski definition) is 1. The van der Waals surface area contributed by atoms with Gasteiger partial charge in [0, 0.05) is 24.2 Å². The molecule has 0 aromatic heterocycles. The summed E-state index contributed by atoms with van der Waals surface area (Å²) in [5, 5.41) is 3.34. The molecular formula is C16H16FNO. The zero-order chi connectivity index (χ0) is 13.2. The van der Waals surface area contributed by atoms with Crippen molar-refractivity contribution in [1.82, 2.24) is 0 Å². The Labute approximate surface area is 112 Å². The average molecular weight is 257 g/mol. The van der Waals surface area contributed by atoms with Gasteiger partial charge in [0.2, 0.25) is 0 Å². The molecule has 0 radical (unpaired) electrons. The number of halogens is 1. The first-order valence-electron chi connectivity index (χ1n) is 6.43. The number of rotatable bonds is 4. The van der Waals surface area contributed by atoms with E-state index in [0.717, 1.165) is 18.7 Å². The summed E-state index contributed by atoms with van der Waals surface area (Å²) in [5.41, 5.74) is 3.75. The van der Waals surface area contributed by atoms with Crippen molar-refractivity contribution in [3.63, 3.8) is 0 Å². The number of methoxy groups -OCH3 is 1. The van der Waals surface area contributed by atoms with E-state index in [0.29, 0.717) is 5.92 Å². The molecule has 2 aromatic rings. The smallest absolute Gasteiger partial charge is 0.165 e. The van der Waals surface area contributed by atoms with Crippen molar-refractivity contribution >= 4 is 5.69 Å². The fourth-order valence-electron chi connectivity index (χ4n) is 2.56. The number of benzene rings is 2. The molecule has 0 heterocycles. The summed E-state index contributed by atoms with van der Waals surface area (Å²) in [4.78, 5) is 0. The van der Waals surface area contributed by atoms with E-state index in [2.05, 4.69) is 29.6 Å². The van der Waals surface area contributed by atoms with Gasteiger partial charge in [-0.1, -0.05) is 24.3 Å². The van der Waals surface area contributed by atoms with E-state index in [1.54, 1.807) is 12.1 Å². The maximum absolute atomic E-state index is 13.3. The molecule has 1 N–H and O–H groups in total. The van der Waals surface area contributed by atoms with E-state index in [1.165, 1.54) is 24.3 Å². The zero-order valence-electron chi connectivity index (χ0n) is 10.8. The molecule has 1 aliphatic rings. The van der Waals surface area contributed by atoms with E-state index in [-0.39, 0.29) is 11.6 Å². The Bertz CT molecular complexity index is 597. The quantitative estimate of drug-likeness (QED) is 0.903. The Kier molecular flexibility index (Phi) is 3.11. The van der Waals surface area contributed by atoms with Gasteiger partial charge in [0.1, 0.15) is 0 Å². The second-order valence-electron chi connectivity index (χ2n) is 4.83. The first-order valence-corrected chi connectivity index (χ1v) is 6.43. The molecule has 1 atom stereocenters. The maximum Gasteiger partial charge on any atom is 0.165 e. The van der Waals surface area contributed by atoms with Crippen molar-refractivity contribution < 1.29 is 9.13 Å². The molecule has 0 aliphatic heterocycles. The minimum absolute atomic E-state index is 0.277. The molecule has 3 heteroatoms. The van der Waals surface area contributed by atoms with Gasteiger partial charge in [0.15, 0.2) is 11.6 Å². The molecule has 0 saturated carbocycles. The van der Waals surface area contributed by atoms with Crippen LogP contribution >= 0.6 is 0 Å². The highest BCUT2D eigenvalue weighted by atomic mass is 19.1. The van der Waals surface area contributed by atoms with Crippen LogP contribution in [-0.4, -0.2) is 13.7 Å². The highest BCUT2D eigenvalue weighted by molar-refractivity contribution is 5.50. The van der Waals surface area contributed by atoms with E-state index in [9.17, 15) is 4.39 Å². The standard InChI is InChI=1S/C16H16FNO/c1-19-16-9-13(6-7-15(16)17)18-10-12-8-11-4-2-3-5-14(11)12/h2-7,9,12,18H,8,10H2,1H3. The number of nitrogens with one attached hydrogen (secondary N) is 1. The van der Waals surface area contributed by atoms with E-state index in [4.69, 9.17) is 4.74 Å². The molecule has 1 aliphatic carbocycles. The van der Waals surface area contributed by atoms with Gasteiger partial charge in [-0.05, 0) is 29.7 Å². The van der Waals surface area contributed by atoms with Crippen LogP contribution in [0.4, 0.5) is 10.1 Å². The van der Waals surface area contributed by atoms with Crippen LogP contribution in [0, 0.1) is 5.82 Å². The molecule has 0 bridgehead atoms. The van der Waals surface area contributed by atoms with Crippen LogP contribution in [0.1, 0.15) is 17.0 Å². The van der Waals surface area contributed by atoms with Crippen LogP contribution in [0.3, 0.4) is 0 Å². The van der Waals surface area contributed by atoms with Gasteiger partial charge in [0.25, 0.3) is 0 Å². The zero-order valence-corrected chi connectivity index (χ0v) is 10.8. The van der Waals surface area contributed by atoms with E-state index in [1.807, 2.05) is 0 Å². The molecule has 0 saturated heterocycles. The van der Waals surface area contributed by atoms with Gasteiger partial charge in [0.05, 0.1) is 7.11 Å². The van der Waals surface area contributed by atoms with Gasteiger partial charge in [-0.25, -0.2) is 4.39 Å². The monoisotopic (exact) mass is 257 g/mol. The van der Waals surface area contributed by atoms with Crippen LogP contribution in [0.5, 0.6) is 5.75 Å². The largest absolute Gasteiger partial charge is 0.494 e. The fourth-order valence-corrected chi connectivity index (χ4v) is 2.56. The molecule has 2 nitrogen and oxygen atoms in total. The van der Waals surface area contributed by atoms with Crippen LogP contribution in [0.25, 0.3) is 0 Å². The average Bonchev–Trinajstić information content (AvgIpc) is 2.41. The van der Waals surface area contributed by atoms with Crippen molar-refractivity contribution in [3.8, 4) is 5.75 Å². The summed E-state index contributed by atoms with van der Waals surface area (Å²) in [6.45, 7) is 0.867. The molecule has 0 fully saturated rings. The lowest BCUT2D eigenvalue weighted by Gasteiger charge is -2.30. The van der Waals surface area contributed by atoms with Crippen LogP contribution in [-0.2, 0) is 6.42 Å². The topological polar surface area (TPSA) is 21.3 Å². The Balaban J connectivity index is 1.65. The molecule has 0 amide bonds. The van der Waals surface area contributed by atoms with Gasteiger partial charge in [-0.3, -0.25) is 0 Å². The van der Waals surface area contributed by atoms with Crippen LogP contribution in [0.15, 0.2) is 42.5 Å². The van der Waals surface area contributed by atoms with Crippen LogP contribution in [0.2, 0.25) is 0 Å². The number of ether oxygens (including phenoxy) is 1. The Morgan fingerprint density at radius 2 is 2.11 bits per heavy atom. The third-order valence-corrected chi connectivity index (χ3v) is 3.66. The minimum Gasteiger partial charge on any atom is -0.494 e. The van der Waals surface area contributed by atoms with Crippen molar-refractivity contribution in [2.75, 3.05) is 19.0 Å². The predicted octanol–water partition coefficient (Wildman–Crippen LogP) is 3.59. The van der Waals surface area contributed by atoms with Gasteiger partial charge in [-0.2, -0.15) is 0 Å². The summed E-state index contributed by atoms with van der Waals surface area (Å²) in [7, 11) is 1.48. The third-order valence-electron chi connectivity index (χ3n) is 3.66. The number of hydrogen-bond acceptors (Lipinski definition) is 2. The van der Waals surface area contributed by atoms with Crippen molar-refractivity contribution in [3.05, 3.63) is 59.4 Å². The highest BCUT2D eigenvalue weighted by Crippen LogP contribution is 2.35. The molecule has 2 aromatic carbocycles. The lowest BCUT2D eigenvalue weighted by molar-refractivity contribution is 0.387. The van der Waals surface area contributed by atoms with Gasteiger partial charge >= 0.3 is 0 Å². The minimum atomic E-state index is -0.331. The first-order chi connectivity index (χ1) is 9.28. The van der Waals surface area contributed by atoms with Crippen molar-refractivity contribution in [1.29, 1.82) is 0 Å². The molecule has 3 rings (SSSR count). The molecule has 1 unspecified atom stereocenters.